The third kappa shape index (κ3) is 4.59. The van der Waals surface area contributed by atoms with Crippen molar-refractivity contribution in [3.05, 3.63) is 65.0 Å². The van der Waals surface area contributed by atoms with Gasteiger partial charge in [-0.15, -0.1) is 5.10 Å². The van der Waals surface area contributed by atoms with E-state index in [0.717, 1.165) is 16.7 Å². The van der Waals surface area contributed by atoms with Gasteiger partial charge in [0.25, 0.3) is 0 Å². The molecular weight excluding hydrogens is 408 g/mol. The number of rotatable bonds is 9. The lowest BCUT2D eigenvalue weighted by molar-refractivity contribution is 0.263. The second-order valence-corrected chi connectivity index (χ2v) is 7.63. The molecule has 0 saturated heterocycles. The summed E-state index contributed by atoms with van der Waals surface area (Å²) in [4.78, 5) is 21.4. The highest BCUT2D eigenvalue weighted by Gasteiger charge is 2.13. The van der Waals surface area contributed by atoms with Crippen LogP contribution >= 0.6 is 0 Å². The van der Waals surface area contributed by atoms with E-state index in [4.69, 9.17) is 0 Å². The van der Waals surface area contributed by atoms with Crippen molar-refractivity contribution in [3.63, 3.8) is 0 Å². The summed E-state index contributed by atoms with van der Waals surface area (Å²) < 4.78 is 3.28. The minimum absolute atomic E-state index is 0.0808. The molecule has 1 unspecified atom stereocenters. The van der Waals surface area contributed by atoms with Crippen molar-refractivity contribution in [2.75, 3.05) is 30.3 Å². The molecular formula is C22H26N8O2. The SMILES string of the molecule is Cc1cnc(NCC(CCO)CNc2ccc(-n3c(=O)n(C)c4ccccc43)cn2)nn1. The van der Waals surface area contributed by atoms with E-state index >= 15 is 0 Å². The Morgan fingerprint density at radius 1 is 1.00 bits per heavy atom. The Bertz CT molecular complexity index is 1230. The van der Waals surface area contributed by atoms with Gasteiger partial charge in [-0.25, -0.2) is 14.8 Å². The number of aliphatic hydroxyl groups is 1. The number of nitrogens with zero attached hydrogens (tertiary/aromatic N) is 6. The van der Waals surface area contributed by atoms with Gasteiger partial charge in [0.2, 0.25) is 5.95 Å². The third-order valence-electron chi connectivity index (χ3n) is 5.30. The first-order valence-corrected chi connectivity index (χ1v) is 10.4. The van der Waals surface area contributed by atoms with Crippen LogP contribution in [0.25, 0.3) is 16.7 Å². The van der Waals surface area contributed by atoms with Gasteiger partial charge in [-0.05, 0) is 43.5 Å². The number of pyridine rings is 1. The number of fused-ring (bicyclic) bond motifs is 1. The second kappa shape index (κ2) is 9.56. The zero-order valence-electron chi connectivity index (χ0n) is 18.1. The van der Waals surface area contributed by atoms with Crippen LogP contribution in [-0.4, -0.2) is 54.1 Å². The van der Waals surface area contributed by atoms with E-state index in [1.54, 1.807) is 28.6 Å². The standard InChI is InChI=1S/C22H26N8O2/c1-15-11-25-21(28-27-15)26-13-16(9-10-31)12-23-20-8-7-17(14-24-20)30-19-6-4-3-5-18(19)29(2)22(30)32/h3-8,11,14,16,31H,9-10,12-13H2,1-2H3,(H,23,24)(H,25,26,28). The van der Waals surface area contributed by atoms with Crippen molar-refractivity contribution < 1.29 is 5.11 Å². The van der Waals surface area contributed by atoms with Crippen molar-refractivity contribution in [1.29, 1.82) is 0 Å². The first kappa shape index (κ1) is 21.4. The van der Waals surface area contributed by atoms with Crippen molar-refractivity contribution in [2.45, 2.75) is 13.3 Å². The molecule has 0 radical (unpaired) electrons. The molecule has 0 saturated carbocycles. The number of hydrogen-bond donors (Lipinski definition) is 3. The van der Waals surface area contributed by atoms with Crippen LogP contribution in [0, 0.1) is 12.8 Å². The van der Waals surface area contributed by atoms with E-state index in [1.807, 2.05) is 43.3 Å². The minimum atomic E-state index is -0.115. The number of aromatic nitrogens is 6. The van der Waals surface area contributed by atoms with Gasteiger partial charge in [0.15, 0.2) is 0 Å². The Hall–Kier alpha value is -3.79. The number of nitrogens with one attached hydrogen (secondary N) is 2. The highest BCUT2D eigenvalue weighted by Crippen LogP contribution is 2.17. The Balaban J connectivity index is 1.42. The highest BCUT2D eigenvalue weighted by atomic mass is 16.3. The molecule has 1 atom stereocenters. The van der Waals surface area contributed by atoms with Crippen molar-refractivity contribution >= 4 is 22.8 Å². The van der Waals surface area contributed by atoms with E-state index in [9.17, 15) is 9.90 Å². The van der Waals surface area contributed by atoms with E-state index in [0.29, 0.717) is 37.0 Å². The van der Waals surface area contributed by atoms with E-state index in [-0.39, 0.29) is 18.2 Å². The molecule has 0 bridgehead atoms. The van der Waals surface area contributed by atoms with E-state index < -0.39 is 0 Å². The topological polar surface area (TPSA) is 123 Å². The molecule has 4 rings (SSSR count). The lowest BCUT2D eigenvalue weighted by Crippen LogP contribution is -2.25. The Kier molecular flexibility index (Phi) is 6.41. The van der Waals surface area contributed by atoms with Crippen LogP contribution in [0.3, 0.4) is 0 Å². The normalized spacial score (nSPS) is 12.1. The second-order valence-electron chi connectivity index (χ2n) is 7.63. The average Bonchev–Trinajstić information content (AvgIpc) is 3.07. The van der Waals surface area contributed by atoms with Crippen LogP contribution in [0.15, 0.2) is 53.6 Å². The number of hydrogen-bond acceptors (Lipinski definition) is 8. The summed E-state index contributed by atoms with van der Waals surface area (Å²) in [7, 11) is 1.76. The van der Waals surface area contributed by atoms with Gasteiger partial charge in [0.1, 0.15) is 5.82 Å². The summed E-state index contributed by atoms with van der Waals surface area (Å²) >= 11 is 0. The molecule has 3 heterocycles. The molecule has 10 heteroatoms. The molecule has 32 heavy (non-hydrogen) atoms. The monoisotopic (exact) mass is 434 g/mol. The van der Waals surface area contributed by atoms with E-state index in [1.165, 1.54) is 0 Å². The van der Waals surface area contributed by atoms with Crippen LogP contribution in [0.2, 0.25) is 0 Å². The zero-order valence-corrected chi connectivity index (χ0v) is 18.1. The predicted octanol–water partition coefficient (Wildman–Crippen LogP) is 1.74. The number of anilines is 2. The van der Waals surface area contributed by atoms with Gasteiger partial charge < -0.3 is 15.7 Å². The fourth-order valence-electron chi connectivity index (χ4n) is 3.52. The summed E-state index contributed by atoms with van der Waals surface area (Å²) in [6.45, 7) is 3.10. The predicted molar refractivity (Wildman–Crippen MR) is 123 cm³/mol. The fourth-order valence-corrected chi connectivity index (χ4v) is 3.52. The van der Waals surface area contributed by atoms with Gasteiger partial charge in [0.05, 0.1) is 34.8 Å². The quantitative estimate of drug-likeness (QED) is 0.364. The summed E-state index contributed by atoms with van der Waals surface area (Å²) in [5.41, 5.74) is 3.05. The van der Waals surface area contributed by atoms with Gasteiger partial charge in [0, 0.05) is 26.7 Å². The molecule has 0 aliphatic heterocycles. The van der Waals surface area contributed by atoms with Crippen LogP contribution < -0.4 is 16.3 Å². The molecule has 1 aromatic carbocycles. The largest absolute Gasteiger partial charge is 0.396 e. The summed E-state index contributed by atoms with van der Waals surface area (Å²) in [5, 5.41) is 23.8. The number of benzene rings is 1. The summed E-state index contributed by atoms with van der Waals surface area (Å²) in [6, 6.07) is 11.4. The maximum atomic E-state index is 12.7. The molecule has 0 amide bonds. The van der Waals surface area contributed by atoms with Crippen molar-refractivity contribution in [2.24, 2.45) is 13.0 Å². The molecule has 0 spiro atoms. The maximum absolute atomic E-state index is 12.7. The number of aliphatic hydroxyl groups excluding tert-OH is 1. The molecule has 0 aliphatic rings. The lowest BCUT2D eigenvalue weighted by Gasteiger charge is -2.17. The zero-order chi connectivity index (χ0) is 22.5. The molecule has 4 aromatic rings. The average molecular weight is 435 g/mol. The fraction of sp³-hybridized carbons (Fsp3) is 0.318. The number of imidazole rings is 1. The van der Waals surface area contributed by atoms with Gasteiger partial charge in [-0.1, -0.05) is 12.1 Å². The van der Waals surface area contributed by atoms with Crippen molar-refractivity contribution in [1.82, 2.24) is 29.3 Å². The van der Waals surface area contributed by atoms with Crippen molar-refractivity contribution in [3.8, 4) is 5.69 Å². The Morgan fingerprint density at radius 3 is 2.47 bits per heavy atom. The smallest absolute Gasteiger partial charge is 0.333 e. The summed E-state index contributed by atoms with van der Waals surface area (Å²) in [5.74, 6) is 1.28. The summed E-state index contributed by atoms with van der Waals surface area (Å²) in [6.07, 6.45) is 3.95. The van der Waals surface area contributed by atoms with Crippen LogP contribution in [0.4, 0.5) is 11.8 Å². The molecule has 0 aliphatic carbocycles. The Morgan fingerprint density at radius 2 is 1.78 bits per heavy atom. The molecule has 3 N–H and O–H groups in total. The number of aryl methyl sites for hydroxylation is 2. The Labute approximate surface area is 185 Å². The molecule has 10 nitrogen and oxygen atoms in total. The molecule has 0 fully saturated rings. The van der Waals surface area contributed by atoms with Crippen LogP contribution in [0.1, 0.15) is 12.1 Å². The molecule has 166 valence electrons. The highest BCUT2D eigenvalue weighted by molar-refractivity contribution is 5.78. The maximum Gasteiger partial charge on any atom is 0.333 e. The van der Waals surface area contributed by atoms with Gasteiger partial charge in [-0.3, -0.25) is 9.13 Å². The molecule has 3 aromatic heterocycles. The third-order valence-corrected chi connectivity index (χ3v) is 5.30. The number of para-hydroxylation sites is 2. The van der Waals surface area contributed by atoms with E-state index in [2.05, 4.69) is 30.8 Å². The van der Waals surface area contributed by atoms with Gasteiger partial charge in [-0.2, -0.15) is 5.10 Å². The van der Waals surface area contributed by atoms with Gasteiger partial charge >= 0.3 is 5.69 Å². The van der Waals surface area contributed by atoms with Crippen LogP contribution in [0.5, 0.6) is 0 Å². The lowest BCUT2D eigenvalue weighted by atomic mass is 10.1. The minimum Gasteiger partial charge on any atom is -0.396 e. The first-order chi connectivity index (χ1) is 15.6. The van der Waals surface area contributed by atoms with Crippen LogP contribution in [-0.2, 0) is 7.05 Å². The first-order valence-electron chi connectivity index (χ1n) is 10.4.